The van der Waals surface area contributed by atoms with Crippen molar-refractivity contribution < 1.29 is 18.3 Å². The van der Waals surface area contributed by atoms with E-state index in [0.29, 0.717) is 42.9 Å². The maximum Gasteiger partial charge on any atom is 0.350 e. The number of likely N-dealkylation sites (N-methyl/N-ethyl adjacent to an activating group) is 1. The molecule has 2 atom stereocenters. The minimum absolute atomic E-state index is 0.0257. The molecule has 0 spiro atoms. The molecular formula is C32H31ClF2N8O3. The summed E-state index contributed by atoms with van der Waals surface area (Å²) >= 11 is 6.83. The molecule has 1 saturated heterocycles. The Morgan fingerprint density at radius 1 is 1.24 bits per heavy atom. The standard InChI is InChI=1S/C32H31ClF2N8O3/c1-36-16-21-17-40(12-13-42(21)27(44)6-4-10-39(2)3)31-24-15-25(33)28(23-8-7-20(34)14-26(23)35)30-29(24)43(32(45)38-31)22(19-46-30)18-41-11-5-9-37-41/h4-9,11,14-15,21-22H,10,12-13,16-19H2,2-3H3/b6-4+/t21-,22?/m0/s1. The number of anilines is 1. The summed E-state index contributed by atoms with van der Waals surface area (Å²) in [7, 11) is 3.81. The van der Waals surface area contributed by atoms with Crippen molar-refractivity contribution in [3.8, 4) is 16.9 Å². The fourth-order valence-corrected chi connectivity index (χ4v) is 6.36. The first-order valence-corrected chi connectivity index (χ1v) is 15.1. The Hall–Kier alpha value is -4.80. The Labute approximate surface area is 268 Å². The number of rotatable bonds is 8. The average Bonchev–Trinajstić information content (AvgIpc) is 3.53. The van der Waals surface area contributed by atoms with E-state index in [1.54, 1.807) is 40.2 Å². The molecule has 0 bridgehead atoms. The van der Waals surface area contributed by atoms with Crippen LogP contribution in [0.5, 0.6) is 5.75 Å². The molecule has 46 heavy (non-hydrogen) atoms. The molecule has 2 aromatic heterocycles. The Kier molecular flexibility index (Phi) is 8.75. The molecule has 2 aromatic carbocycles. The van der Waals surface area contributed by atoms with E-state index in [0.717, 1.165) is 12.1 Å². The smallest absolute Gasteiger partial charge is 0.350 e. The minimum Gasteiger partial charge on any atom is -0.488 e. The summed E-state index contributed by atoms with van der Waals surface area (Å²) in [5, 5.41) is 4.89. The van der Waals surface area contributed by atoms with Crippen molar-refractivity contribution in [2.75, 3.05) is 58.3 Å². The van der Waals surface area contributed by atoms with E-state index in [4.69, 9.17) is 22.9 Å². The molecule has 238 valence electrons. The number of carbonyl (C=O) groups is 1. The number of halogens is 3. The quantitative estimate of drug-likeness (QED) is 0.212. The second kappa shape index (κ2) is 12.9. The first-order chi connectivity index (χ1) is 22.2. The van der Waals surface area contributed by atoms with Crippen LogP contribution in [0.3, 0.4) is 0 Å². The third kappa shape index (κ3) is 5.93. The second-order valence-electron chi connectivity index (χ2n) is 11.5. The molecule has 14 heteroatoms. The van der Waals surface area contributed by atoms with Crippen molar-refractivity contribution in [1.82, 2.24) is 29.1 Å². The van der Waals surface area contributed by atoms with E-state index in [1.165, 1.54) is 16.7 Å². The highest BCUT2D eigenvalue weighted by Gasteiger charge is 2.36. The van der Waals surface area contributed by atoms with Crippen molar-refractivity contribution in [3.05, 3.63) is 93.4 Å². The Balaban J connectivity index is 1.47. The highest BCUT2D eigenvalue weighted by atomic mass is 35.5. The molecule has 0 aliphatic carbocycles. The normalized spacial score (nSPS) is 17.9. The van der Waals surface area contributed by atoms with E-state index in [2.05, 4.69) is 14.9 Å². The molecule has 2 aliphatic rings. The van der Waals surface area contributed by atoms with Crippen LogP contribution in [0.15, 0.2) is 59.7 Å². The number of amides is 1. The number of hydrogen-bond acceptors (Lipinski definition) is 7. The van der Waals surface area contributed by atoms with E-state index < -0.39 is 29.4 Å². The lowest BCUT2D eigenvalue weighted by Crippen LogP contribution is -2.56. The number of benzene rings is 2. The maximum atomic E-state index is 15.1. The van der Waals surface area contributed by atoms with E-state index in [9.17, 15) is 14.0 Å². The zero-order valence-corrected chi connectivity index (χ0v) is 26.0. The van der Waals surface area contributed by atoms with Crippen LogP contribution in [0.4, 0.5) is 14.6 Å². The van der Waals surface area contributed by atoms with Crippen LogP contribution in [0.25, 0.3) is 26.9 Å². The summed E-state index contributed by atoms with van der Waals surface area (Å²) in [6.45, 7) is 9.44. The average molecular weight is 649 g/mol. The summed E-state index contributed by atoms with van der Waals surface area (Å²) in [6.07, 6.45) is 6.71. The van der Waals surface area contributed by atoms with Crippen LogP contribution >= 0.6 is 11.6 Å². The molecule has 11 nitrogen and oxygen atoms in total. The van der Waals surface area contributed by atoms with Gasteiger partial charge in [0.1, 0.15) is 30.1 Å². The largest absolute Gasteiger partial charge is 0.488 e. The first kappa shape index (κ1) is 31.2. The van der Waals surface area contributed by atoms with Crippen LogP contribution in [0, 0.1) is 18.2 Å². The lowest BCUT2D eigenvalue weighted by atomic mass is 9.99. The van der Waals surface area contributed by atoms with E-state index >= 15 is 4.39 Å². The Morgan fingerprint density at radius 3 is 2.78 bits per heavy atom. The van der Waals surface area contributed by atoms with Crippen molar-refractivity contribution >= 4 is 34.2 Å². The zero-order chi connectivity index (χ0) is 32.5. The molecule has 0 radical (unpaired) electrons. The van der Waals surface area contributed by atoms with Gasteiger partial charge in [0.25, 0.3) is 0 Å². The predicted molar refractivity (Wildman–Crippen MR) is 170 cm³/mol. The van der Waals surface area contributed by atoms with Gasteiger partial charge in [-0.25, -0.2) is 20.1 Å². The van der Waals surface area contributed by atoms with Crippen molar-refractivity contribution in [1.29, 1.82) is 0 Å². The first-order valence-electron chi connectivity index (χ1n) is 14.7. The SMILES string of the molecule is [C-]#[N+]C[C@H]1CN(c2nc(=O)n3c4c(c(-c5ccc(F)cc5F)c(Cl)cc24)OCC3Cn2cccn2)CCN1C(=O)/C=C/CN(C)C. The van der Waals surface area contributed by atoms with Gasteiger partial charge in [-0.1, -0.05) is 17.7 Å². The second-order valence-corrected chi connectivity index (χ2v) is 11.9. The van der Waals surface area contributed by atoms with Crippen LogP contribution < -0.4 is 15.3 Å². The molecule has 1 amide bonds. The fraction of sp³-hybridized carbons (Fsp3) is 0.344. The Morgan fingerprint density at radius 2 is 2.07 bits per heavy atom. The summed E-state index contributed by atoms with van der Waals surface area (Å²) < 4.78 is 38.5. The van der Waals surface area contributed by atoms with Gasteiger partial charge in [0, 0.05) is 67.2 Å². The van der Waals surface area contributed by atoms with Crippen LogP contribution in [0.1, 0.15) is 6.04 Å². The van der Waals surface area contributed by atoms with Gasteiger partial charge >= 0.3 is 5.69 Å². The van der Waals surface area contributed by atoms with Gasteiger partial charge in [0.2, 0.25) is 12.5 Å². The number of nitrogens with zero attached hydrogens (tertiary/aromatic N) is 8. The van der Waals surface area contributed by atoms with Crippen molar-refractivity contribution in [2.24, 2.45) is 0 Å². The van der Waals surface area contributed by atoms with E-state index in [-0.39, 0.29) is 47.5 Å². The number of hydrogen-bond donors (Lipinski definition) is 0. The van der Waals surface area contributed by atoms with Gasteiger partial charge in [0.15, 0.2) is 5.75 Å². The van der Waals surface area contributed by atoms with Gasteiger partial charge in [-0.15, -0.1) is 0 Å². The topological polar surface area (TPSA) is 93.1 Å². The van der Waals surface area contributed by atoms with Crippen LogP contribution in [-0.2, 0) is 11.3 Å². The molecular weight excluding hydrogens is 618 g/mol. The van der Waals surface area contributed by atoms with Gasteiger partial charge in [0.05, 0.1) is 23.1 Å². The molecule has 6 rings (SSSR count). The van der Waals surface area contributed by atoms with Crippen LogP contribution in [-0.4, -0.2) is 94.5 Å². The number of aromatic nitrogens is 4. The lowest BCUT2D eigenvalue weighted by molar-refractivity contribution is -0.128. The third-order valence-corrected chi connectivity index (χ3v) is 8.44. The predicted octanol–water partition coefficient (Wildman–Crippen LogP) is 3.88. The highest BCUT2D eigenvalue weighted by molar-refractivity contribution is 6.35. The molecule has 4 heterocycles. The molecule has 1 fully saturated rings. The van der Waals surface area contributed by atoms with Crippen molar-refractivity contribution in [2.45, 2.75) is 18.6 Å². The molecule has 2 aliphatic heterocycles. The lowest BCUT2D eigenvalue weighted by Gasteiger charge is -2.40. The summed E-state index contributed by atoms with van der Waals surface area (Å²) in [6, 6.07) is 5.61. The monoisotopic (exact) mass is 648 g/mol. The molecule has 0 saturated carbocycles. The van der Waals surface area contributed by atoms with Crippen molar-refractivity contribution in [3.63, 3.8) is 0 Å². The maximum absolute atomic E-state index is 15.1. The minimum atomic E-state index is -0.828. The fourth-order valence-electron chi connectivity index (χ4n) is 6.06. The van der Waals surface area contributed by atoms with Gasteiger partial charge in [-0.3, -0.25) is 14.0 Å². The zero-order valence-electron chi connectivity index (χ0n) is 25.2. The number of ether oxygens (including phenoxy) is 1. The molecule has 0 N–H and O–H groups in total. The van der Waals surface area contributed by atoms with E-state index in [1.807, 2.05) is 23.9 Å². The summed E-state index contributed by atoms with van der Waals surface area (Å²) in [5.74, 6) is -1.26. The highest BCUT2D eigenvalue weighted by Crippen LogP contribution is 2.47. The third-order valence-electron chi connectivity index (χ3n) is 8.14. The molecule has 4 aromatic rings. The number of piperazine rings is 1. The number of carbonyl (C=O) groups excluding carboxylic acids is 1. The summed E-state index contributed by atoms with van der Waals surface area (Å²) in [4.78, 5) is 40.6. The summed E-state index contributed by atoms with van der Waals surface area (Å²) in [5.41, 5.74) is 0.0374. The molecule has 1 unspecified atom stereocenters. The van der Waals surface area contributed by atoms with Gasteiger partial charge in [-0.05, 0) is 38.4 Å². The van der Waals surface area contributed by atoms with Gasteiger partial charge < -0.3 is 24.3 Å². The Bertz CT molecular complexity index is 1920. The van der Waals surface area contributed by atoms with Crippen LogP contribution in [0.2, 0.25) is 5.02 Å². The van der Waals surface area contributed by atoms with Gasteiger partial charge in [-0.2, -0.15) is 10.1 Å².